The molecule has 2 atom stereocenters. The number of unbranched alkanes of at least 4 members (excludes halogenated alkanes) is 1. The first kappa shape index (κ1) is 12.7. The molecule has 0 N–H and O–H groups in total. The van der Waals surface area contributed by atoms with Crippen molar-refractivity contribution in [3.05, 3.63) is 0 Å². The summed E-state index contributed by atoms with van der Waals surface area (Å²) in [7, 11) is 0. The molecule has 0 bridgehead atoms. The van der Waals surface area contributed by atoms with E-state index in [1.54, 1.807) is 0 Å². The summed E-state index contributed by atoms with van der Waals surface area (Å²) in [5.41, 5.74) is -0.0508. The molecule has 15 heavy (non-hydrogen) atoms. The molecule has 2 unspecified atom stereocenters. The highest BCUT2D eigenvalue weighted by molar-refractivity contribution is 5.81. The van der Waals surface area contributed by atoms with E-state index in [-0.39, 0.29) is 11.5 Å². The van der Waals surface area contributed by atoms with Crippen molar-refractivity contribution >= 4 is 5.78 Å². The van der Waals surface area contributed by atoms with Crippen LogP contribution in [0.25, 0.3) is 0 Å². The molecule has 2 heteroatoms. The van der Waals surface area contributed by atoms with Gasteiger partial charge in [0.15, 0.2) is 0 Å². The molecule has 0 saturated carbocycles. The van der Waals surface area contributed by atoms with Gasteiger partial charge in [-0.15, -0.1) is 0 Å². The quantitative estimate of drug-likeness (QED) is 0.698. The molecular formula is C13H24O2. The number of ether oxygens (including phenoxy) is 1. The summed E-state index contributed by atoms with van der Waals surface area (Å²) in [6, 6.07) is 0. The molecule has 2 nitrogen and oxygen atoms in total. The Morgan fingerprint density at radius 1 is 1.47 bits per heavy atom. The second kappa shape index (κ2) is 5.64. The van der Waals surface area contributed by atoms with Gasteiger partial charge in [0.2, 0.25) is 0 Å². The maximum Gasteiger partial charge on any atom is 0.136 e. The third kappa shape index (κ3) is 3.60. The van der Waals surface area contributed by atoms with Crippen molar-refractivity contribution in [2.24, 2.45) is 5.92 Å². The smallest absolute Gasteiger partial charge is 0.136 e. The van der Waals surface area contributed by atoms with Gasteiger partial charge in [0.25, 0.3) is 0 Å². The molecule has 1 rings (SSSR count). The van der Waals surface area contributed by atoms with Gasteiger partial charge in [0.1, 0.15) is 5.78 Å². The third-order valence-corrected chi connectivity index (χ3v) is 3.57. The second-order valence-corrected chi connectivity index (χ2v) is 4.91. The van der Waals surface area contributed by atoms with Crippen LogP contribution in [0, 0.1) is 5.92 Å². The molecule has 0 aromatic rings. The first-order valence-corrected chi connectivity index (χ1v) is 6.28. The molecule has 0 amide bonds. The Hall–Kier alpha value is -0.370. The Kier molecular flexibility index (Phi) is 4.78. The van der Waals surface area contributed by atoms with Crippen molar-refractivity contribution in [3.63, 3.8) is 0 Å². The molecule has 0 aromatic heterocycles. The van der Waals surface area contributed by atoms with E-state index in [4.69, 9.17) is 4.74 Å². The normalized spacial score (nSPS) is 31.5. The van der Waals surface area contributed by atoms with Crippen LogP contribution in [0.3, 0.4) is 0 Å². The summed E-state index contributed by atoms with van der Waals surface area (Å²) in [6.07, 6.45) is 5.77. The molecule has 88 valence electrons. The minimum absolute atomic E-state index is 0.0508. The number of carbonyl (C=O) groups is 1. The largest absolute Gasteiger partial charge is 0.375 e. The summed E-state index contributed by atoms with van der Waals surface area (Å²) in [4.78, 5) is 11.9. The highest BCUT2D eigenvalue weighted by Gasteiger charge is 2.34. The Labute approximate surface area is 93.4 Å². The lowest BCUT2D eigenvalue weighted by atomic mass is 9.82. The van der Waals surface area contributed by atoms with Crippen LogP contribution in [0.15, 0.2) is 0 Å². The first-order chi connectivity index (χ1) is 7.11. The van der Waals surface area contributed by atoms with E-state index < -0.39 is 0 Å². The topological polar surface area (TPSA) is 26.3 Å². The highest BCUT2D eigenvalue weighted by atomic mass is 16.5. The molecule has 1 saturated heterocycles. The zero-order valence-electron chi connectivity index (χ0n) is 10.3. The molecule has 1 fully saturated rings. The number of Topliss-reactive ketones (excluding diaryl/α,β-unsaturated/α-hetero) is 1. The lowest BCUT2D eigenvalue weighted by molar-refractivity contribution is -0.135. The summed E-state index contributed by atoms with van der Waals surface area (Å²) >= 11 is 0. The SMILES string of the molecule is CCCCC(=O)C1CCOC(C)(CC)C1. The minimum atomic E-state index is -0.0508. The number of hydrogen-bond donors (Lipinski definition) is 0. The van der Waals surface area contributed by atoms with Gasteiger partial charge >= 0.3 is 0 Å². The molecule has 1 aliphatic rings. The second-order valence-electron chi connectivity index (χ2n) is 4.91. The van der Waals surface area contributed by atoms with Crippen molar-refractivity contribution in [1.29, 1.82) is 0 Å². The van der Waals surface area contributed by atoms with Gasteiger partial charge in [-0.2, -0.15) is 0 Å². The van der Waals surface area contributed by atoms with Crippen LogP contribution >= 0.6 is 0 Å². The van der Waals surface area contributed by atoms with E-state index in [1.165, 1.54) is 0 Å². The predicted molar refractivity (Wildman–Crippen MR) is 61.9 cm³/mol. The van der Waals surface area contributed by atoms with Crippen LogP contribution < -0.4 is 0 Å². The maximum atomic E-state index is 11.9. The van der Waals surface area contributed by atoms with Gasteiger partial charge in [0.05, 0.1) is 5.60 Å². The fourth-order valence-electron chi connectivity index (χ4n) is 2.21. The molecular weight excluding hydrogens is 188 g/mol. The van der Waals surface area contributed by atoms with Gasteiger partial charge < -0.3 is 4.74 Å². The van der Waals surface area contributed by atoms with E-state index >= 15 is 0 Å². The standard InChI is InChI=1S/C13H24O2/c1-4-6-7-12(14)11-8-9-15-13(3,5-2)10-11/h11H,4-10H2,1-3H3. The van der Waals surface area contributed by atoms with Crippen molar-refractivity contribution < 1.29 is 9.53 Å². The monoisotopic (exact) mass is 212 g/mol. The third-order valence-electron chi connectivity index (χ3n) is 3.57. The average molecular weight is 212 g/mol. The van der Waals surface area contributed by atoms with Gasteiger partial charge in [-0.25, -0.2) is 0 Å². The zero-order valence-corrected chi connectivity index (χ0v) is 10.3. The van der Waals surface area contributed by atoms with E-state index in [0.717, 1.165) is 45.1 Å². The summed E-state index contributed by atoms with van der Waals surface area (Å²) in [5, 5.41) is 0. The fraction of sp³-hybridized carbons (Fsp3) is 0.923. The summed E-state index contributed by atoms with van der Waals surface area (Å²) < 4.78 is 5.75. The Balaban J connectivity index is 2.45. The van der Waals surface area contributed by atoms with Gasteiger partial charge in [-0.1, -0.05) is 20.3 Å². The van der Waals surface area contributed by atoms with Crippen LogP contribution in [0.5, 0.6) is 0 Å². The lowest BCUT2D eigenvalue weighted by Gasteiger charge is -2.37. The Bertz CT molecular complexity index is 213. The molecule has 1 heterocycles. The zero-order chi connectivity index (χ0) is 11.3. The molecule has 0 aromatic carbocycles. The minimum Gasteiger partial charge on any atom is -0.375 e. The van der Waals surface area contributed by atoms with Crippen LogP contribution in [-0.4, -0.2) is 18.0 Å². The Morgan fingerprint density at radius 3 is 2.80 bits per heavy atom. The molecule has 0 aliphatic carbocycles. The van der Waals surface area contributed by atoms with Crippen molar-refractivity contribution in [1.82, 2.24) is 0 Å². The van der Waals surface area contributed by atoms with E-state index in [2.05, 4.69) is 20.8 Å². The van der Waals surface area contributed by atoms with Gasteiger partial charge in [-0.3, -0.25) is 4.79 Å². The summed E-state index contributed by atoms with van der Waals surface area (Å²) in [5.74, 6) is 0.718. The maximum absolute atomic E-state index is 11.9. The highest BCUT2D eigenvalue weighted by Crippen LogP contribution is 2.32. The van der Waals surface area contributed by atoms with E-state index in [9.17, 15) is 4.79 Å². The first-order valence-electron chi connectivity index (χ1n) is 6.28. The van der Waals surface area contributed by atoms with Gasteiger partial charge in [-0.05, 0) is 32.6 Å². The lowest BCUT2D eigenvalue weighted by Crippen LogP contribution is -2.39. The van der Waals surface area contributed by atoms with Crippen molar-refractivity contribution in [3.8, 4) is 0 Å². The summed E-state index contributed by atoms with van der Waals surface area (Å²) in [6.45, 7) is 7.16. The van der Waals surface area contributed by atoms with Crippen LogP contribution in [0.4, 0.5) is 0 Å². The Morgan fingerprint density at radius 2 is 2.20 bits per heavy atom. The van der Waals surface area contributed by atoms with E-state index in [1.807, 2.05) is 0 Å². The fourth-order valence-corrected chi connectivity index (χ4v) is 2.21. The van der Waals surface area contributed by atoms with E-state index in [0.29, 0.717) is 5.78 Å². The molecule has 0 radical (unpaired) electrons. The number of carbonyl (C=O) groups excluding carboxylic acids is 1. The number of rotatable bonds is 5. The van der Waals surface area contributed by atoms with Crippen molar-refractivity contribution in [2.75, 3.05) is 6.61 Å². The van der Waals surface area contributed by atoms with Crippen LogP contribution in [0.1, 0.15) is 59.3 Å². The van der Waals surface area contributed by atoms with Crippen LogP contribution in [-0.2, 0) is 9.53 Å². The van der Waals surface area contributed by atoms with Gasteiger partial charge in [0, 0.05) is 18.9 Å². The predicted octanol–water partition coefficient (Wildman–Crippen LogP) is 3.34. The molecule has 0 spiro atoms. The number of hydrogen-bond acceptors (Lipinski definition) is 2. The van der Waals surface area contributed by atoms with Crippen LogP contribution in [0.2, 0.25) is 0 Å². The number of ketones is 1. The van der Waals surface area contributed by atoms with Crippen molar-refractivity contribution in [2.45, 2.75) is 64.9 Å². The average Bonchev–Trinajstić information content (AvgIpc) is 2.26. The molecule has 1 aliphatic heterocycles.